The summed E-state index contributed by atoms with van der Waals surface area (Å²) in [6, 6.07) is 3.19. The molecule has 1 amide bonds. The van der Waals surface area contributed by atoms with Crippen LogP contribution in [0.4, 0.5) is 26.3 Å². The van der Waals surface area contributed by atoms with Crippen molar-refractivity contribution in [3.63, 3.8) is 0 Å². The minimum atomic E-state index is -5.18. The number of benzene rings is 1. The van der Waals surface area contributed by atoms with Crippen LogP contribution in [0.15, 0.2) is 36.5 Å². The first kappa shape index (κ1) is 16.9. The van der Waals surface area contributed by atoms with Crippen LogP contribution in [0.2, 0.25) is 0 Å². The lowest BCUT2D eigenvalue weighted by atomic mass is 10.1. The molecule has 11 heteroatoms. The number of hydrogen-bond donors (Lipinski definition) is 2. The number of nitrogens with zero attached hydrogens (tertiary/aromatic N) is 1. The highest BCUT2D eigenvalue weighted by Gasteiger charge is 2.60. The van der Waals surface area contributed by atoms with Crippen LogP contribution < -0.4 is 10.2 Å². The lowest BCUT2D eigenvalue weighted by Gasteiger charge is -2.33. The zero-order chi connectivity index (χ0) is 17.5. The monoisotopic (exact) mass is 342 g/mol. The van der Waals surface area contributed by atoms with Crippen molar-refractivity contribution in [1.82, 2.24) is 10.4 Å². The van der Waals surface area contributed by atoms with Crippen LogP contribution in [-0.2, 0) is 0 Å². The van der Waals surface area contributed by atoms with Crippen LogP contribution >= 0.6 is 0 Å². The standard InChI is InChI=1S/C12H8F6N2O3/c13-11(14,15)10(22)5-6-19-20(10)9(21)7-1-3-8(4-2-7)23-12(16,17)18/h1-6,19,22H/t10-/m0/s1. The van der Waals surface area contributed by atoms with Crippen molar-refractivity contribution in [1.29, 1.82) is 0 Å². The van der Waals surface area contributed by atoms with E-state index in [0.29, 0.717) is 12.3 Å². The summed E-state index contributed by atoms with van der Waals surface area (Å²) < 4.78 is 78.1. The Labute approximate surface area is 124 Å². The van der Waals surface area contributed by atoms with Gasteiger partial charge in [0.15, 0.2) is 0 Å². The third-order valence-electron chi connectivity index (χ3n) is 2.82. The summed E-state index contributed by atoms with van der Waals surface area (Å²) in [5.41, 5.74) is -2.03. The smallest absolute Gasteiger partial charge is 0.406 e. The Bertz CT molecular complexity index is 625. The van der Waals surface area contributed by atoms with Crippen molar-refractivity contribution in [2.24, 2.45) is 0 Å². The van der Waals surface area contributed by atoms with E-state index in [-0.39, 0.29) is 5.01 Å². The molecule has 0 aromatic heterocycles. The van der Waals surface area contributed by atoms with Crippen molar-refractivity contribution >= 4 is 5.91 Å². The molecule has 1 aliphatic rings. The number of hydrogen-bond acceptors (Lipinski definition) is 4. The number of rotatable bonds is 2. The minimum absolute atomic E-state index is 0.0907. The molecule has 1 atom stereocenters. The Kier molecular flexibility index (Phi) is 3.93. The van der Waals surface area contributed by atoms with Crippen molar-refractivity contribution < 1.29 is 41.0 Å². The highest BCUT2D eigenvalue weighted by Crippen LogP contribution is 2.36. The maximum absolute atomic E-state index is 12.8. The van der Waals surface area contributed by atoms with E-state index in [4.69, 9.17) is 0 Å². The number of carbonyl (C=O) groups excluding carboxylic acids is 1. The number of ether oxygens (including phenoxy) is 1. The third kappa shape index (κ3) is 3.33. The number of alkyl halides is 6. The maximum Gasteiger partial charge on any atom is 0.573 e. The summed E-state index contributed by atoms with van der Waals surface area (Å²) in [4.78, 5) is 12.0. The van der Waals surface area contributed by atoms with Gasteiger partial charge in [-0.2, -0.15) is 13.2 Å². The second kappa shape index (κ2) is 5.33. The molecule has 126 valence electrons. The molecule has 0 saturated carbocycles. The Morgan fingerprint density at radius 3 is 2.17 bits per heavy atom. The van der Waals surface area contributed by atoms with Crippen LogP contribution in [0.3, 0.4) is 0 Å². The van der Waals surface area contributed by atoms with Gasteiger partial charge in [-0.3, -0.25) is 10.2 Å². The number of halogens is 6. The zero-order valence-electron chi connectivity index (χ0n) is 10.9. The maximum atomic E-state index is 12.8. The largest absolute Gasteiger partial charge is 0.573 e. The molecular formula is C12H8F6N2O3. The van der Waals surface area contributed by atoms with Gasteiger partial charge in [0, 0.05) is 11.8 Å². The lowest BCUT2D eigenvalue weighted by Crippen LogP contribution is -2.60. The fraction of sp³-hybridized carbons (Fsp3) is 0.250. The Morgan fingerprint density at radius 1 is 1.13 bits per heavy atom. The van der Waals surface area contributed by atoms with Crippen LogP contribution in [0.25, 0.3) is 0 Å². The number of aliphatic hydroxyl groups is 1. The fourth-order valence-electron chi connectivity index (χ4n) is 1.76. The van der Waals surface area contributed by atoms with E-state index in [1.807, 2.05) is 5.43 Å². The normalized spacial score (nSPS) is 21.3. The average molecular weight is 342 g/mol. The number of nitrogens with one attached hydrogen (secondary N) is 1. The van der Waals surface area contributed by atoms with Gasteiger partial charge in [0.05, 0.1) is 0 Å². The average Bonchev–Trinajstić information content (AvgIpc) is 2.80. The molecular weight excluding hydrogens is 334 g/mol. The first-order chi connectivity index (χ1) is 10.4. The number of amides is 1. The first-order valence-corrected chi connectivity index (χ1v) is 5.87. The van der Waals surface area contributed by atoms with Gasteiger partial charge in [-0.25, -0.2) is 5.01 Å². The molecule has 23 heavy (non-hydrogen) atoms. The van der Waals surface area contributed by atoms with Gasteiger partial charge in [0.1, 0.15) is 5.75 Å². The molecule has 2 rings (SSSR count). The summed E-state index contributed by atoms with van der Waals surface area (Å²) in [6.07, 6.45) is -9.08. The summed E-state index contributed by atoms with van der Waals surface area (Å²) in [7, 11) is 0. The van der Waals surface area contributed by atoms with Crippen LogP contribution in [0, 0.1) is 0 Å². The SMILES string of the molecule is O=C(c1ccc(OC(F)(F)F)cc1)N1NC=C[C@]1(O)C(F)(F)F. The van der Waals surface area contributed by atoms with Gasteiger partial charge < -0.3 is 9.84 Å². The van der Waals surface area contributed by atoms with E-state index in [2.05, 4.69) is 4.74 Å². The van der Waals surface area contributed by atoms with E-state index < -0.39 is 35.5 Å². The van der Waals surface area contributed by atoms with Gasteiger partial charge in [-0.1, -0.05) is 0 Å². The van der Waals surface area contributed by atoms with Crippen LogP contribution in [0.5, 0.6) is 5.75 Å². The molecule has 0 spiro atoms. The van der Waals surface area contributed by atoms with Gasteiger partial charge in [-0.05, 0) is 30.3 Å². The number of hydrazine groups is 1. The topological polar surface area (TPSA) is 61.8 Å². The third-order valence-corrected chi connectivity index (χ3v) is 2.82. The molecule has 0 saturated heterocycles. The Hall–Kier alpha value is -2.43. The molecule has 0 unspecified atom stereocenters. The lowest BCUT2D eigenvalue weighted by molar-refractivity contribution is -0.283. The Balaban J connectivity index is 2.21. The summed E-state index contributed by atoms with van der Waals surface area (Å²) >= 11 is 0. The van der Waals surface area contributed by atoms with Crippen molar-refractivity contribution in [3.8, 4) is 5.75 Å². The first-order valence-electron chi connectivity index (χ1n) is 5.87. The molecule has 0 bridgehead atoms. The molecule has 0 aliphatic carbocycles. The van der Waals surface area contributed by atoms with Gasteiger partial charge in [0.25, 0.3) is 11.6 Å². The molecule has 1 aromatic rings. The zero-order valence-corrected chi connectivity index (χ0v) is 10.9. The summed E-state index contributed by atoms with van der Waals surface area (Å²) in [6.45, 7) is 0. The quantitative estimate of drug-likeness (QED) is 0.810. The van der Waals surface area contributed by atoms with Crippen LogP contribution in [0.1, 0.15) is 10.4 Å². The second-order valence-electron chi connectivity index (χ2n) is 4.40. The van der Waals surface area contributed by atoms with Crippen LogP contribution in [-0.4, -0.2) is 34.3 Å². The Morgan fingerprint density at radius 2 is 1.70 bits per heavy atom. The molecule has 0 radical (unpaired) electrons. The van der Waals surface area contributed by atoms with E-state index in [1.54, 1.807) is 0 Å². The molecule has 1 aliphatic heterocycles. The van der Waals surface area contributed by atoms with Gasteiger partial charge >= 0.3 is 12.5 Å². The molecule has 1 aromatic carbocycles. The molecule has 5 nitrogen and oxygen atoms in total. The highest BCUT2D eigenvalue weighted by molar-refractivity contribution is 5.95. The fourth-order valence-corrected chi connectivity index (χ4v) is 1.76. The predicted molar refractivity (Wildman–Crippen MR) is 62.6 cm³/mol. The van der Waals surface area contributed by atoms with Gasteiger partial charge in [0.2, 0.25) is 0 Å². The van der Waals surface area contributed by atoms with E-state index in [0.717, 1.165) is 24.3 Å². The van der Waals surface area contributed by atoms with Gasteiger partial charge in [-0.15, -0.1) is 13.2 Å². The summed E-state index contributed by atoms with van der Waals surface area (Å²) in [5.74, 6) is -1.94. The van der Waals surface area contributed by atoms with Crippen molar-refractivity contribution in [2.45, 2.75) is 18.3 Å². The highest BCUT2D eigenvalue weighted by atomic mass is 19.4. The number of carbonyl (C=O) groups is 1. The minimum Gasteiger partial charge on any atom is -0.406 e. The molecule has 0 fully saturated rings. The second-order valence-corrected chi connectivity index (χ2v) is 4.40. The van der Waals surface area contributed by atoms with Crippen molar-refractivity contribution in [2.75, 3.05) is 0 Å². The van der Waals surface area contributed by atoms with E-state index >= 15 is 0 Å². The van der Waals surface area contributed by atoms with E-state index in [9.17, 15) is 36.2 Å². The van der Waals surface area contributed by atoms with Crippen molar-refractivity contribution in [3.05, 3.63) is 42.1 Å². The molecule has 2 N–H and O–H groups in total. The molecule has 1 heterocycles. The summed E-state index contributed by atoms with van der Waals surface area (Å²) in [5, 5.41) is 9.49. The van der Waals surface area contributed by atoms with E-state index in [1.165, 1.54) is 0 Å². The predicted octanol–water partition coefficient (Wildman–Crippen LogP) is 2.31.